The second-order valence-electron chi connectivity index (χ2n) is 8.68. The topological polar surface area (TPSA) is 42.0 Å². The number of hydrogen-bond donors (Lipinski definition) is 1. The number of amides is 1. The zero-order valence-corrected chi connectivity index (χ0v) is 19.2. The zero-order chi connectivity index (χ0) is 21.5. The summed E-state index contributed by atoms with van der Waals surface area (Å²) in [4.78, 5) is 17.5. The van der Waals surface area contributed by atoms with Crippen LogP contribution in [0.25, 0.3) is 21.8 Å². The quantitative estimate of drug-likeness (QED) is 0.413. The Hall–Kier alpha value is -2.46. The molecule has 4 heteroatoms. The second kappa shape index (κ2) is 10.7. The number of thiazole rings is 1. The Morgan fingerprint density at radius 3 is 2.58 bits per heavy atom. The number of hydrogen-bond acceptors (Lipinski definition) is 3. The first-order chi connectivity index (χ1) is 15.2. The lowest BCUT2D eigenvalue weighted by Crippen LogP contribution is -2.32. The molecule has 0 radical (unpaired) electrons. The number of unbranched alkanes of at least 4 members (excludes halogenated alkanes) is 1. The molecule has 1 fully saturated rings. The minimum atomic E-state index is 0.188. The highest BCUT2D eigenvalue weighted by Crippen LogP contribution is 2.32. The third-order valence-electron chi connectivity index (χ3n) is 6.40. The fourth-order valence-corrected chi connectivity index (χ4v) is 5.33. The highest BCUT2D eigenvalue weighted by molar-refractivity contribution is 7.13. The van der Waals surface area contributed by atoms with Crippen LogP contribution < -0.4 is 5.32 Å². The van der Waals surface area contributed by atoms with Crippen molar-refractivity contribution in [3.05, 3.63) is 65.5 Å². The number of nitrogens with one attached hydrogen (secondary N) is 1. The van der Waals surface area contributed by atoms with E-state index in [0.29, 0.717) is 6.54 Å². The van der Waals surface area contributed by atoms with E-state index in [1.165, 1.54) is 32.1 Å². The van der Waals surface area contributed by atoms with E-state index in [9.17, 15) is 4.79 Å². The number of carbonyl (C=O) groups is 1. The van der Waals surface area contributed by atoms with Gasteiger partial charge in [-0.3, -0.25) is 4.79 Å². The fourth-order valence-electron chi connectivity index (χ4n) is 4.50. The SMILES string of the molecule is CCCCC1CCC(C(=O)NCc2cccc(-c3nc(-c4ccccc4)cs3)c2)CC1. The summed E-state index contributed by atoms with van der Waals surface area (Å²) in [6.07, 6.45) is 8.43. The van der Waals surface area contributed by atoms with Gasteiger partial charge in [0.15, 0.2) is 0 Å². The Morgan fingerprint density at radius 2 is 1.81 bits per heavy atom. The van der Waals surface area contributed by atoms with Crippen molar-refractivity contribution < 1.29 is 4.79 Å². The fraction of sp³-hybridized carbons (Fsp3) is 0.407. The van der Waals surface area contributed by atoms with E-state index in [0.717, 1.165) is 46.2 Å². The summed E-state index contributed by atoms with van der Waals surface area (Å²) >= 11 is 1.66. The van der Waals surface area contributed by atoms with Crippen LogP contribution in [0, 0.1) is 11.8 Å². The Balaban J connectivity index is 1.32. The summed E-state index contributed by atoms with van der Waals surface area (Å²) in [6.45, 7) is 2.84. The molecule has 2 aromatic carbocycles. The number of nitrogens with zero attached hydrogens (tertiary/aromatic N) is 1. The van der Waals surface area contributed by atoms with Gasteiger partial charge in [-0.1, -0.05) is 74.7 Å². The van der Waals surface area contributed by atoms with Crippen molar-refractivity contribution in [3.63, 3.8) is 0 Å². The lowest BCUT2D eigenvalue weighted by molar-refractivity contribution is -0.126. The van der Waals surface area contributed by atoms with E-state index in [4.69, 9.17) is 4.98 Å². The van der Waals surface area contributed by atoms with Crippen LogP contribution >= 0.6 is 11.3 Å². The number of carbonyl (C=O) groups excluding carboxylic acids is 1. The molecular formula is C27H32N2OS. The van der Waals surface area contributed by atoms with Gasteiger partial charge in [0.05, 0.1) is 5.69 Å². The maximum Gasteiger partial charge on any atom is 0.223 e. The summed E-state index contributed by atoms with van der Waals surface area (Å²) in [5.74, 6) is 1.24. The van der Waals surface area contributed by atoms with E-state index in [1.807, 2.05) is 18.2 Å². The van der Waals surface area contributed by atoms with Crippen molar-refractivity contribution in [2.24, 2.45) is 11.8 Å². The third kappa shape index (κ3) is 5.82. The minimum absolute atomic E-state index is 0.188. The molecule has 0 saturated heterocycles. The molecule has 0 atom stereocenters. The molecule has 0 bridgehead atoms. The molecule has 3 nitrogen and oxygen atoms in total. The van der Waals surface area contributed by atoms with Crippen LogP contribution in [0.2, 0.25) is 0 Å². The molecule has 1 heterocycles. The van der Waals surface area contributed by atoms with Crippen molar-refractivity contribution in [1.29, 1.82) is 0 Å². The minimum Gasteiger partial charge on any atom is -0.352 e. The van der Waals surface area contributed by atoms with Crippen LogP contribution in [0.1, 0.15) is 57.4 Å². The summed E-state index contributed by atoms with van der Waals surface area (Å²) in [5.41, 5.74) is 4.38. The van der Waals surface area contributed by atoms with Crippen LogP contribution in [0.4, 0.5) is 0 Å². The van der Waals surface area contributed by atoms with Gasteiger partial charge in [-0.25, -0.2) is 4.98 Å². The molecule has 1 saturated carbocycles. The van der Waals surface area contributed by atoms with E-state index in [2.05, 4.69) is 54.0 Å². The molecule has 1 aliphatic rings. The number of rotatable bonds is 8. The maximum absolute atomic E-state index is 12.7. The first-order valence-corrected chi connectivity index (χ1v) is 12.5. The van der Waals surface area contributed by atoms with Crippen LogP contribution in [0.5, 0.6) is 0 Å². The molecule has 31 heavy (non-hydrogen) atoms. The van der Waals surface area contributed by atoms with Gasteiger partial charge in [0.1, 0.15) is 5.01 Å². The predicted octanol–water partition coefficient (Wildman–Crippen LogP) is 7.09. The van der Waals surface area contributed by atoms with Gasteiger partial charge in [0.25, 0.3) is 0 Å². The Kier molecular flexibility index (Phi) is 7.52. The molecule has 0 aliphatic heterocycles. The van der Waals surface area contributed by atoms with Gasteiger partial charge in [-0.2, -0.15) is 0 Å². The van der Waals surface area contributed by atoms with E-state index in [-0.39, 0.29) is 11.8 Å². The summed E-state index contributed by atoms with van der Waals surface area (Å²) in [7, 11) is 0. The maximum atomic E-state index is 12.7. The van der Waals surface area contributed by atoms with Crippen molar-refractivity contribution in [2.75, 3.05) is 0 Å². The molecule has 4 rings (SSSR count). The Morgan fingerprint density at radius 1 is 1.03 bits per heavy atom. The third-order valence-corrected chi connectivity index (χ3v) is 7.29. The van der Waals surface area contributed by atoms with Crippen LogP contribution in [0.3, 0.4) is 0 Å². The van der Waals surface area contributed by atoms with Gasteiger partial charge in [-0.05, 0) is 43.2 Å². The van der Waals surface area contributed by atoms with Gasteiger partial charge < -0.3 is 5.32 Å². The van der Waals surface area contributed by atoms with Gasteiger partial charge in [0, 0.05) is 29.0 Å². The number of aromatic nitrogens is 1. The zero-order valence-electron chi connectivity index (χ0n) is 18.3. The lowest BCUT2D eigenvalue weighted by Gasteiger charge is -2.27. The van der Waals surface area contributed by atoms with Crippen molar-refractivity contribution in [3.8, 4) is 21.8 Å². The average Bonchev–Trinajstić information content (AvgIpc) is 3.33. The first kappa shape index (κ1) is 21.8. The van der Waals surface area contributed by atoms with Crippen molar-refractivity contribution >= 4 is 17.2 Å². The van der Waals surface area contributed by atoms with Gasteiger partial charge in [-0.15, -0.1) is 11.3 Å². The molecule has 1 N–H and O–H groups in total. The lowest BCUT2D eigenvalue weighted by atomic mass is 9.79. The van der Waals surface area contributed by atoms with Crippen molar-refractivity contribution in [2.45, 2.75) is 58.4 Å². The Labute approximate surface area is 189 Å². The standard InChI is InChI=1S/C27H32N2OS/c1-2-3-8-20-13-15-23(16-14-20)26(30)28-18-21-9-7-12-24(17-21)27-29-25(19-31-27)22-10-5-4-6-11-22/h4-7,9-12,17,19-20,23H,2-3,8,13-16,18H2,1H3,(H,28,30). The predicted molar refractivity (Wildman–Crippen MR) is 130 cm³/mol. The monoisotopic (exact) mass is 432 g/mol. The molecule has 3 aromatic rings. The van der Waals surface area contributed by atoms with Crippen LogP contribution in [0.15, 0.2) is 60.0 Å². The summed E-state index contributed by atoms with van der Waals surface area (Å²) < 4.78 is 0. The molecular weight excluding hydrogens is 400 g/mol. The van der Waals surface area contributed by atoms with Crippen LogP contribution in [-0.4, -0.2) is 10.9 Å². The summed E-state index contributed by atoms with van der Waals surface area (Å²) in [6, 6.07) is 18.6. The number of benzene rings is 2. The molecule has 162 valence electrons. The van der Waals surface area contributed by atoms with E-state index < -0.39 is 0 Å². The highest BCUT2D eigenvalue weighted by atomic mass is 32.1. The smallest absolute Gasteiger partial charge is 0.223 e. The van der Waals surface area contributed by atoms with Crippen molar-refractivity contribution in [1.82, 2.24) is 10.3 Å². The van der Waals surface area contributed by atoms with E-state index >= 15 is 0 Å². The summed E-state index contributed by atoms with van der Waals surface area (Å²) in [5, 5.41) is 6.30. The second-order valence-corrected chi connectivity index (χ2v) is 9.54. The average molecular weight is 433 g/mol. The molecule has 0 spiro atoms. The largest absolute Gasteiger partial charge is 0.352 e. The molecule has 1 aromatic heterocycles. The van der Waals surface area contributed by atoms with Crippen LogP contribution in [-0.2, 0) is 11.3 Å². The first-order valence-electron chi connectivity index (χ1n) is 11.6. The van der Waals surface area contributed by atoms with Gasteiger partial charge >= 0.3 is 0 Å². The Bertz CT molecular complexity index is 974. The molecule has 0 unspecified atom stereocenters. The highest BCUT2D eigenvalue weighted by Gasteiger charge is 2.25. The molecule has 1 aliphatic carbocycles. The van der Waals surface area contributed by atoms with Gasteiger partial charge in [0.2, 0.25) is 5.91 Å². The molecule has 1 amide bonds. The normalized spacial score (nSPS) is 18.6. The van der Waals surface area contributed by atoms with E-state index in [1.54, 1.807) is 11.3 Å².